The van der Waals surface area contributed by atoms with Gasteiger partial charge in [0.25, 0.3) is 0 Å². The van der Waals surface area contributed by atoms with Crippen molar-refractivity contribution in [2.45, 2.75) is 19.4 Å². The Balaban J connectivity index is 2.14. The Morgan fingerprint density at radius 3 is 2.89 bits per heavy atom. The van der Waals surface area contributed by atoms with Crippen molar-refractivity contribution in [2.75, 3.05) is 12.4 Å². The molecule has 1 atom stereocenters. The van der Waals surface area contributed by atoms with Crippen molar-refractivity contribution in [1.29, 1.82) is 0 Å². The van der Waals surface area contributed by atoms with E-state index in [-0.39, 0.29) is 6.04 Å². The van der Waals surface area contributed by atoms with E-state index in [0.29, 0.717) is 5.88 Å². The van der Waals surface area contributed by atoms with Crippen LogP contribution in [0.25, 0.3) is 0 Å². The van der Waals surface area contributed by atoms with Crippen LogP contribution < -0.4 is 10.1 Å². The number of aromatic nitrogens is 4. The van der Waals surface area contributed by atoms with E-state index in [9.17, 15) is 0 Å². The fraction of sp³-hybridized carbons (Fsp3) is 0.417. The summed E-state index contributed by atoms with van der Waals surface area (Å²) in [7, 11) is 3.49. The fourth-order valence-corrected chi connectivity index (χ4v) is 1.75. The van der Waals surface area contributed by atoms with Crippen molar-refractivity contribution in [2.24, 2.45) is 7.05 Å². The second-order valence-electron chi connectivity index (χ2n) is 4.00. The molecule has 0 fully saturated rings. The lowest BCUT2D eigenvalue weighted by Crippen LogP contribution is -2.10. The third kappa shape index (κ3) is 2.77. The Bertz CT molecular complexity index is 511. The first-order valence-corrected chi connectivity index (χ1v) is 5.84. The maximum Gasteiger partial charge on any atom is 0.218 e. The van der Waals surface area contributed by atoms with Gasteiger partial charge in [0, 0.05) is 24.9 Å². The van der Waals surface area contributed by atoms with Crippen LogP contribution >= 0.6 is 0 Å². The number of methoxy groups -OCH3 is 1. The molecule has 0 radical (unpaired) electrons. The van der Waals surface area contributed by atoms with Crippen molar-refractivity contribution < 1.29 is 4.74 Å². The SMILES string of the molecule is CC[C@@H](Nc1cc(OC)ncn1)c1cnn(C)c1. The summed E-state index contributed by atoms with van der Waals surface area (Å²) in [5.41, 5.74) is 1.14. The van der Waals surface area contributed by atoms with Crippen LogP contribution in [0.3, 0.4) is 0 Å². The third-order valence-corrected chi connectivity index (χ3v) is 2.71. The molecular formula is C12H17N5O. The van der Waals surface area contributed by atoms with E-state index in [1.165, 1.54) is 6.33 Å². The van der Waals surface area contributed by atoms with E-state index in [2.05, 4.69) is 27.3 Å². The maximum atomic E-state index is 5.07. The van der Waals surface area contributed by atoms with Gasteiger partial charge in [-0.3, -0.25) is 4.68 Å². The first-order chi connectivity index (χ1) is 8.72. The van der Waals surface area contributed by atoms with Crippen LogP contribution in [0.4, 0.5) is 5.82 Å². The second-order valence-corrected chi connectivity index (χ2v) is 4.00. The molecule has 6 nitrogen and oxygen atoms in total. The molecule has 0 aliphatic carbocycles. The van der Waals surface area contributed by atoms with Gasteiger partial charge in [-0.05, 0) is 6.42 Å². The van der Waals surface area contributed by atoms with E-state index < -0.39 is 0 Å². The molecule has 1 N–H and O–H groups in total. The molecule has 0 spiro atoms. The molecule has 0 amide bonds. The van der Waals surface area contributed by atoms with Crippen LogP contribution in [-0.4, -0.2) is 26.9 Å². The molecule has 0 saturated carbocycles. The third-order valence-electron chi connectivity index (χ3n) is 2.71. The van der Waals surface area contributed by atoms with E-state index in [1.807, 2.05) is 19.4 Å². The van der Waals surface area contributed by atoms with Gasteiger partial charge in [-0.25, -0.2) is 9.97 Å². The standard InChI is InChI=1S/C12H17N5O/c1-4-10(9-6-15-17(2)7-9)16-11-5-12(18-3)14-8-13-11/h5-8,10H,4H2,1-3H3,(H,13,14,16)/t10-/m1/s1. The van der Waals surface area contributed by atoms with Crippen molar-refractivity contribution in [3.8, 4) is 5.88 Å². The summed E-state index contributed by atoms with van der Waals surface area (Å²) in [6, 6.07) is 1.96. The average Bonchev–Trinajstić information content (AvgIpc) is 2.82. The van der Waals surface area contributed by atoms with Gasteiger partial charge in [-0.15, -0.1) is 0 Å². The zero-order chi connectivity index (χ0) is 13.0. The average molecular weight is 247 g/mol. The molecular weight excluding hydrogens is 230 g/mol. The molecule has 0 aliphatic heterocycles. The molecule has 0 unspecified atom stereocenters. The molecule has 6 heteroatoms. The lowest BCUT2D eigenvalue weighted by molar-refractivity contribution is 0.397. The summed E-state index contributed by atoms with van der Waals surface area (Å²) in [6.45, 7) is 2.11. The first kappa shape index (κ1) is 12.3. The van der Waals surface area contributed by atoms with Crippen LogP contribution in [0.5, 0.6) is 5.88 Å². The van der Waals surface area contributed by atoms with Gasteiger partial charge in [-0.2, -0.15) is 5.10 Å². The summed E-state index contributed by atoms with van der Waals surface area (Å²) >= 11 is 0. The van der Waals surface area contributed by atoms with Gasteiger partial charge in [0.2, 0.25) is 5.88 Å². The first-order valence-electron chi connectivity index (χ1n) is 5.84. The number of aryl methyl sites for hydroxylation is 1. The highest BCUT2D eigenvalue weighted by Crippen LogP contribution is 2.21. The molecule has 0 saturated heterocycles. The highest BCUT2D eigenvalue weighted by atomic mass is 16.5. The van der Waals surface area contributed by atoms with Crippen molar-refractivity contribution in [3.05, 3.63) is 30.4 Å². The molecule has 96 valence electrons. The molecule has 0 aromatic carbocycles. The molecule has 0 bridgehead atoms. The molecule has 2 rings (SSSR count). The minimum Gasteiger partial charge on any atom is -0.481 e. The Morgan fingerprint density at radius 1 is 1.44 bits per heavy atom. The minimum absolute atomic E-state index is 0.179. The van der Waals surface area contributed by atoms with Gasteiger partial charge in [0.15, 0.2) is 0 Å². The largest absolute Gasteiger partial charge is 0.481 e. The smallest absolute Gasteiger partial charge is 0.218 e. The monoisotopic (exact) mass is 247 g/mol. The summed E-state index contributed by atoms with van der Waals surface area (Å²) in [6.07, 6.45) is 6.29. The number of rotatable bonds is 5. The van der Waals surface area contributed by atoms with Crippen molar-refractivity contribution in [3.63, 3.8) is 0 Å². The Hall–Kier alpha value is -2.11. The topological polar surface area (TPSA) is 64.9 Å². The Kier molecular flexibility index (Phi) is 3.76. The molecule has 2 aromatic heterocycles. The highest BCUT2D eigenvalue weighted by molar-refractivity contribution is 5.39. The molecule has 0 aliphatic rings. The maximum absolute atomic E-state index is 5.07. The number of hydrogen-bond donors (Lipinski definition) is 1. The van der Waals surface area contributed by atoms with Crippen molar-refractivity contribution >= 4 is 5.82 Å². The zero-order valence-electron chi connectivity index (χ0n) is 10.8. The van der Waals surface area contributed by atoms with Crippen LogP contribution in [0.1, 0.15) is 24.9 Å². The number of anilines is 1. The number of nitrogens with one attached hydrogen (secondary N) is 1. The summed E-state index contributed by atoms with van der Waals surface area (Å²) in [5.74, 6) is 1.30. The number of nitrogens with zero attached hydrogens (tertiary/aromatic N) is 4. The fourth-order valence-electron chi connectivity index (χ4n) is 1.75. The van der Waals surface area contributed by atoms with E-state index in [0.717, 1.165) is 17.8 Å². The van der Waals surface area contributed by atoms with Gasteiger partial charge in [0.1, 0.15) is 12.1 Å². The van der Waals surface area contributed by atoms with Crippen LogP contribution in [0.15, 0.2) is 24.8 Å². The number of ether oxygens (including phenoxy) is 1. The predicted octanol–water partition coefficient (Wildman–Crippen LogP) is 1.78. The van der Waals surface area contributed by atoms with Crippen molar-refractivity contribution in [1.82, 2.24) is 19.7 Å². The zero-order valence-corrected chi connectivity index (χ0v) is 10.8. The van der Waals surface area contributed by atoms with E-state index >= 15 is 0 Å². The van der Waals surface area contributed by atoms with Crippen LogP contribution in [0.2, 0.25) is 0 Å². The Morgan fingerprint density at radius 2 is 2.28 bits per heavy atom. The minimum atomic E-state index is 0.179. The van der Waals surface area contributed by atoms with Gasteiger partial charge >= 0.3 is 0 Å². The summed E-state index contributed by atoms with van der Waals surface area (Å²) in [5, 5.41) is 7.53. The lowest BCUT2D eigenvalue weighted by Gasteiger charge is -2.16. The normalized spacial score (nSPS) is 12.2. The lowest BCUT2D eigenvalue weighted by atomic mass is 10.1. The van der Waals surface area contributed by atoms with E-state index in [1.54, 1.807) is 17.9 Å². The Labute approximate surface area is 106 Å². The summed E-state index contributed by atoms with van der Waals surface area (Å²) in [4.78, 5) is 8.16. The number of hydrogen-bond acceptors (Lipinski definition) is 5. The quantitative estimate of drug-likeness (QED) is 0.872. The van der Waals surface area contributed by atoms with E-state index in [4.69, 9.17) is 4.74 Å². The van der Waals surface area contributed by atoms with Crippen LogP contribution in [0, 0.1) is 0 Å². The summed E-state index contributed by atoms with van der Waals surface area (Å²) < 4.78 is 6.86. The molecule has 2 aromatic rings. The highest BCUT2D eigenvalue weighted by Gasteiger charge is 2.12. The molecule has 18 heavy (non-hydrogen) atoms. The molecule has 2 heterocycles. The van der Waals surface area contributed by atoms with Gasteiger partial charge < -0.3 is 10.1 Å². The van der Waals surface area contributed by atoms with Gasteiger partial charge in [0.05, 0.1) is 19.3 Å². The van der Waals surface area contributed by atoms with Crippen LogP contribution in [-0.2, 0) is 7.05 Å². The van der Waals surface area contributed by atoms with Gasteiger partial charge in [-0.1, -0.05) is 6.92 Å². The predicted molar refractivity (Wildman–Crippen MR) is 68.4 cm³/mol. The second kappa shape index (κ2) is 5.48.